The molecule has 0 aliphatic carbocycles. The van der Waals surface area contributed by atoms with Gasteiger partial charge in [0.1, 0.15) is 5.82 Å². The zero-order valence-electron chi connectivity index (χ0n) is 9.92. The lowest BCUT2D eigenvalue weighted by atomic mass is 10.3. The number of nitrogens with zero attached hydrogens (tertiary/aromatic N) is 2. The van der Waals surface area contributed by atoms with E-state index in [-0.39, 0.29) is 5.82 Å². The van der Waals surface area contributed by atoms with Gasteiger partial charge in [-0.3, -0.25) is 4.90 Å². The number of halogens is 2. The molecule has 0 saturated carbocycles. The summed E-state index contributed by atoms with van der Waals surface area (Å²) in [5.41, 5.74) is 0.552. The summed E-state index contributed by atoms with van der Waals surface area (Å²) in [6, 6.07) is 4.64. The number of anilines is 1. The van der Waals surface area contributed by atoms with E-state index in [1.54, 1.807) is 12.1 Å². The Hall–Kier alpha value is -0.840. The lowest BCUT2D eigenvalue weighted by Gasteiger charge is -2.32. The Kier molecular flexibility index (Phi) is 4.20. The van der Waals surface area contributed by atoms with Gasteiger partial charge in [-0.05, 0) is 18.2 Å². The van der Waals surface area contributed by atoms with Gasteiger partial charge in [-0.1, -0.05) is 11.6 Å². The molecular weight excluding hydrogens is 241 g/mol. The van der Waals surface area contributed by atoms with E-state index >= 15 is 0 Å². The van der Waals surface area contributed by atoms with Crippen LogP contribution in [-0.2, 0) is 0 Å². The SMILES string of the molecule is CN(CN1CCNCC1)c1cc(Cl)ccc1F. The Labute approximate surface area is 106 Å². The second kappa shape index (κ2) is 5.67. The van der Waals surface area contributed by atoms with Crippen molar-refractivity contribution >= 4 is 17.3 Å². The number of nitrogens with one attached hydrogen (secondary N) is 1. The zero-order valence-corrected chi connectivity index (χ0v) is 10.7. The molecule has 1 fully saturated rings. The fraction of sp³-hybridized carbons (Fsp3) is 0.500. The Morgan fingerprint density at radius 1 is 1.41 bits per heavy atom. The molecule has 1 aliphatic heterocycles. The summed E-state index contributed by atoms with van der Waals surface area (Å²) in [4.78, 5) is 4.18. The minimum Gasteiger partial charge on any atom is -0.359 e. The smallest absolute Gasteiger partial charge is 0.146 e. The molecule has 1 aromatic rings. The third-order valence-electron chi connectivity index (χ3n) is 2.94. The van der Waals surface area contributed by atoms with Crippen LogP contribution >= 0.6 is 11.6 Å². The largest absolute Gasteiger partial charge is 0.359 e. The first-order chi connectivity index (χ1) is 8.16. The van der Waals surface area contributed by atoms with Crippen LogP contribution in [0.25, 0.3) is 0 Å². The highest BCUT2D eigenvalue weighted by Gasteiger charge is 2.14. The van der Waals surface area contributed by atoms with Crippen molar-refractivity contribution in [2.75, 3.05) is 44.8 Å². The summed E-state index contributed by atoms with van der Waals surface area (Å²) in [5.74, 6) is -0.230. The maximum absolute atomic E-state index is 13.6. The maximum Gasteiger partial charge on any atom is 0.146 e. The van der Waals surface area contributed by atoms with Crippen LogP contribution < -0.4 is 10.2 Å². The van der Waals surface area contributed by atoms with Crippen molar-refractivity contribution in [3.05, 3.63) is 29.0 Å². The molecule has 1 heterocycles. The molecule has 0 atom stereocenters. The summed E-state index contributed by atoms with van der Waals surface area (Å²) < 4.78 is 13.6. The third kappa shape index (κ3) is 3.31. The van der Waals surface area contributed by atoms with E-state index in [1.165, 1.54) is 6.07 Å². The Morgan fingerprint density at radius 3 is 2.82 bits per heavy atom. The van der Waals surface area contributed by atoms with E-state index in [2.05, 4.69) is 10.2 Å². The summed E-state index contributed by atoms with van der Waals surface area (Å²) >= 11 is 5.89. The topological polar surface area (TPSA) is 18.5 Å². The molecule has 1 N–H and O–H groups in total. The Balaban J connectivity index is 2.02. The molecule has 2 rings (SSSR count). The molecule has 0 unspecified atom stereocenters. The normalized spacial score (nSPS) is 17.1. The van der Waals surface area contributed by atoms with E-state index < -0.39 is 0 Å². The maximum atomic E-state index is 13.6. The van der Waals surface area contributed by atoms with E-state index in [0.717, 1.165) is 32.8 Å². The van der Waals surface area contributed by atoms with Crippen LogP contribution in [0.2, 0.25) is 5.02 Å². The van der Waals surface area contributed by atoms with Crippen molar-refractivity contribution in [3.8, 4) is 0 Å². The van der Waals surface area contributed by atoms with Crippen LogP contribution in [0.3, 0.4) is 0 Å². The first kappa shape index (κ1) is 12.6. The van der Waals surface area contributed by atoms with Crippen LogP contribution in [-0.4, -0.2) is 44.8 Å². The lowest BCUT2D eigenvalue weighted by molar-refractivity contribution is 0.243. The fourth-order valence-corrected chi connectivity index (χ4v) is 2.17. The molecular formula is C12H17ClFN3. The molecule has 3 nitrogen and oxygen atoms in total. The van der Waals surface area contributed by atoms with Gasteiger partial charge < -0.3 is 10.2 Å². The predicted molar refractivity (Wildman–Crippen MR) is 69.1 cm³/mol. The van der Waals surface area contributed by atoms with E-state index in [4.69, 9.17) is 11.6 Å². The van der Waals surface area contributed by atoms with E-state index in [0.29, 0.717) is 10.7 Å². The molecule has 1 aromatic carbocycles. The van der Waals surface area contributed by atoms with Crippen molar-refractivity contribution in [3.63, 3.8) is 0 Å². The Morgan fingerprint density at radius 2 is 2.12 bits per heavy atom. The minimum atomic E-state index is -0.230. The van der Waals surface area contributed by atoms with Gasteiger partial charge in [-0.2, -0.15) is 0 Å². The van der Waals surface area contributed by atoms with Crippen LogP contribution in [0.4, 0.5) is 10.1 Å². The second-order valence-corrected chi connectivity index (χ2v) is 4.74. The highest BCUT2D eigenvalue weighted by Crippen LogP contribution is 2.22. The number of rotatable bonds is 3. The molecule has 0 aromatic heterocycles. The first-order valence-electron chi connectivity index (χ1n) is 5.76. The summed E-state index contributed by atoms with van der Waals surface area (Å²) in [6.45, 7) is 4.69. The second-order valence-electron chi connectivity index (χ2n) is 4.30. The monoisotopic (exact) mass is 257 g/mol. The molecule has 1 aliphatic rings. The van der Waals surface area contributed by atoms with Gasteiger partial charge >= 0.3 is 0 Å². The predicted octanol–water partition coefficient (Wildman–Crippen LogP) is 1.78. The standard InChI is InChI=1S/C12H17ClFN3/c1-16(9-17-6-4-15-5-7-17)12-8-10(13)2-3-11(12)14/h2-3,8,15H,4-7,9H2,1H3. The van der Waals surface area contributed by atoms with Gasteiger partial charge in [0.05, 0.1) is 12.4 Å². The van der Waals surface area contributed by atoms with Crippen LogP contribution in [0, 0.1) is 5.82 Å². The van der Waals surface area contributed by atoms with Gasteiger partial charge in [0.25, 0.3) is 0 Å². The van der Waals surface area contributed by atoms with Crippen molar-refractivity contribution in [2.45, 2.75) is 0 Å². The molecule has 1 saturated heterocycles. The highest BCUT2D eigenvalue weighted by molar-refractivity contribution is 6.30. The Bertz CT molecular complexity index is 380. The molecule has 94 valence electrons. The molecule has 0 radical (unpaired) electrons. The number of hydrogen-bond acceptors (Lipinski definition) is 3. The average Bonchev–Trinajstić information content (AvgIpc) is 2.33. The molecule has 5 heteroatoms. The quantitative estimate of drug-likeness (QED) is 0.891. The van der Waals surface area contributed by atoms with Crippen LogP contribution in [0.5, 0.6) is 0 Å². The fourth-order valence-electron chi connectivity index (χ4n) is 2.01. The third-order valence-corrected chi connectivity index (χ3v) is 3.18. The van der Waals surface area contributed by atoms with Gasteiger partial charge in [-0.15, -0.1) is 0 Å². The lowest BCUT2D eigenvalue weighted by Crippen LogP contribution is -2.47. The molecule has 0 bridgehead atoms. The van der Waals surface area contributed by atoms with E-state index in [9.17, 15) is 4.39 Å². The van der Waals surface area contributed by atoms with Gasteiger partial charge in [0, 0.05) is 38.2 Å². The van der Waals surface area contributed by atoms with Crippen LogP contribution in [0.1, 0.15) is 0 Å². The molecule has 17 heavy (non-hydrogen) atoms. The van der Waals surface area contributed by atoms with E-state index in [1.807, 2.05) is 11.9 Å². The molecule has 0 amide bonds. The highest BCUT2D eigenvalue weighted by atomic mass is 35.5. The summed E-state index contributed by atoms with van der Waals surface area (Å²) in [5, 5.41) is 3.86. The minimum absolute atomic E-state index is 0.230. The number of benzene rings is 1. The van der Waals surface area contributed by atoms with Crippen molar-refractivity contribution in [1.82, 2.24) is 10.2 Å². The first-order valence-corrected chi connectivity index (χ1v) is 6.14. The average molecular weight is 258 g/mol. The van der Waals surface area contributed by atoms with Crippen LogP contribution in [0.15, 0.2) is 18.2 Å². The number of hydrogen-bond donors (Lipinski definition) is 1. The van der Waals surface area contributed by atoms with Gasteiger partial charge in [0.15, 0.2) is 0 Å². The number of piperazine rings is 1. The van der Waals surface area contributed by atoms with Crippen molar-refractivity contribution < 1.29 is 4.39 Å². The van der Waals surface area contributed by atoms with Gasteiger partial charge in [0.2, 0.25) is 0 Å². The van der Waals surface area contributed by atoms with Crippen molar-refractivity contribution in [1.29, 1.82) is 0 Å². The summed E-state index contributed by atoms with van der Waals surface area (Å²) in [7, 11) is 1.89. The molecule has 0 spiro atoms. The summed E-state index contributed by atoms with van der Waals surface area (Å²) in [6.07, 6.45) is 0. The van der Waals surface area contributed by atoms with Gasteiger partial charge in [-0.25, -0.2) is 4.39 Å². The zero-order chi connectivity index (χ0) is 12.3. The van der Waals surface area contributed by atoms with Crippen molar-refractivity contribution in [2.24, 2.45) is 0 Å².